The Morgan fingerprint density at radius 3 is 3.00 bits per heavy atom. The molecule has 0 bridgehead atoms. The number of benzene rings is 1. The van der Waals surface area contributed by atoms with Gasteiger partial charge < -0.3 is 10.6 Å². The van der Waals surface area contributed by atoms with Gasteiger partial charge in [0, 0.05) is 23.5 Å². The molecule has 0 saturated heterocycles. The van der Waals surface area contributed by atoms with Crippen LogP contribution in [0, 0.1) is 0 Å². The lowest BCUT2D eigenvalue weighted by molar-refractivity contribution is -0.122. The minimum Gasteiger partial charge on any atom is -0.384 e. The molecule has 96 valence electrons. The molecule has 0 radical (unpaired) electrons. The summed E-state index contributed by atoms with van der Waals surface area (Å²) in [5.74, 6) is 0.131. The van der Waals surface area contributed by atoms with Crippen LogP contribution in [-0.2, 0) is 4.79 Å². The van der Waals surface area contributed by atoms with Crippen molar-refractivity contribution >= 4 is 23.4 Å². The number of fused-ring (bicyclic) bond motifs is 1. The molecule has 3 nitrogen and oxygen atoms in total. The standard InChI is InChI=1S/C14H18N2OS/c1-18-14(6-7-14)9-16-13(17)11-8-15-12-5-3-2-4-10(11)12/h2-5,11,15H,6-9H2,1H3,(H,16,17). The van der Waals surface area contributed by atoms with Crippen molar-refractivity contribution in [1.82, 2.24) is 5.32 Å². The maximum absolute atomic E-state index is 12.2. The third-order valence-electron chi connectivity index (χ3n) is 3.97. The predicted octanol–water partition coefficient (Wildman–Crippen LogP) is 2.21. The lowest BCUT2D eigenvalue weighted by atomic mass is 10.0. The van der Waals surface area contributed by atoms with Crippen molar-refractivity contribution in [3.63, 3.8) is 0 Å². The molecule has 1 aromatic rings. The number of carbonyl (C=O) groups excluding carboxylic acids is 1. The number of carbonyl (C=O) groups is 1. The summed E-state index contributed by atoms with van der Waals surface area (Å²) in [6.07, 6.45) is 4.59. The molecule has 1 heterocycles. The Kier molecular flexibility index (Phi) is 2.98. The van der Waals surface area contributed by atoms with Gasteiger partial charge in [-0.1, -0.05) is 18.2 Å². The van der Waals surface area contributed by atoms with Crippen LogP contribution in [0.25, 0.3) is 0 Å². The van der Waals surface area contributed by atoms with Crippen molar-refractivity contribution in [2.24, 2.45) is 0 Å². The minimum atomic E-state index is -0.0288. The second-order valence-corrected chi connectivity index (χ2v) is 6.40. The second-order valence-electron chi connectivity index (χ2n) is 5.13. The number of hydrogen-bond acceptors (Lipinski definition) is 3. The van der Waals surface area contributed by atoms with E-state index < -0.39 is 0 Å². The molecule has 1 aliphatic heterocycles. The van der Waals surface area contributed by atoms with Gasteiger partial charge in [0.05, 0.1) is 5.92 Å². The predicted molar refractivity (Wildman–Crippen MR) is 76.2 cm³/mol. The molecule has 1 aliphatic carbocycles. The smallest absolute Gasteiger partial charge is 0.229 e. The molecule has 1 saturated carbocycles. The van der Waals surface area contributed by atoms with Crippen molar-refractivity contribution in [1.29, 1.82) is 0 Å². The second kappa shape index (κ2) is 4.50. The van der Waals surface area contributed by atoms with Gasteiger partial charge in [0.1, 0.15) is 0 Å². The number of para-hydroxylation sites is 1. The van der Waals surface area contributed by atoms with E-state index in [0.29, 0.717) is 4.75 Å². The molecule has 0 spiro atoms. The molecule has 2 aliphatic rings. The fraction of sp³-hybridized carbons (Fsp3) is 0.500. The summed E-state index contributed by atoms with van der Waals surface area (Å²) >= 11 is 1.88. The molecule has 1 amide bonds. The summed E-state index contributed by atoms with van der Waals surface area (Å²) in [7, 11) is 0. The van der Waals surface area contributed by atoms with Crippen LogP contribution in [0.2, 0.25) is 0 Å². The number of amides is 1. The highest BCUT2D eigenvalue weighted by molar-refractivity contribution is 8.00. The maximum atomic E-state index is 12.2. The molecule has 2 N–H and O–H groups in total. The number of nitrogens with one attached hydrogen (secondary N) is 2. The van der Waals surface area contributed by atoms with Gasteiger partial charge in [0.15, 0.2) is 0 Å². The number of thioether (sulfide) groups is 1. The molecule has 0 aromatic heterocycles. The zero-order valence-electron chi connectivity index (χ0n) is 10.5. The van der Waals surface area contributed by atoms with Gasteiger partial charge in [-0.05, 0) is 30.7 Å². The first-order valence-electron chi connectivity index (χ1n) is 6.40. The van der Waals surface area contributed by atoms with E-state index >= 15 is 0 Å². The summed E-state index contributed by atoms with van der Waals surface area (Å²) in [6.45, 7) is 1.53. The fourth-order valence-corrected chi connectivity index (χ4v) is 3.21. The normalized spacial score (nSPS) is 23.1. The quantitative estimate of drug-likeness (QED) is 0.874. The molecule has 18 heavy (non-hydrogen) atoms. The number of hydrogen-bond donors (Lipinski definition) is 2. The van der Waals surface area contributed by atoms with E-state index in [9.17, 15) is 4.79 Å². The van der Waals surface area contributed by atoms with Gasteiger partial charge in [0.25, 0.3) is 0 Å². The van der Waals surface area contributed by atoms with Crippen LogP contribution in [0.3, 0.4) is 0 Å². The van der Waals surface area contributed by atoms with Crippen molar-refractivity contribution in [3.8, 4) is 0 Å². The summed E-state index contributed by atoms with van der Waals surface area (Å²) < 4.78 is 0.335. The highest BCUT2D eigenvalue weighted by atomic mass is 32.2. The van der Waals surface area contributed by atoms with Crippen LogP contribution < -0.4 is 10.6 Å². The first-order valence-corrected chi connectivity index (χ1v) is 7.62. The Balaban J connectivity index is 1.64. The molecule has 1 fully saturated rings. The van der Waals surface area contributed by atoms with Crippen LogP contribution in [0.4, 0.5) is 5.69 Å². The van der Waals surface area contributed by atoms with Gasteiger partial charge in [0.2, 0.25) is 5.91 Å². The Morgan fingerprint density at radius 2 is 2.28 bits per heavy atom. The van der Waals surface area contributed by atoms with E-state index in [2.05, 4.69) is 16.9 Å². The third-order valence-corrected chi connectivity index (χ3v) is 5.39. The van der Waals surface area contributed by atoms with Crippen molar-refractivity contribution in [3.05, 3.63) is 29.8 Å². The third kappa shape index (κ3) is 2.09. The van der Waals surface area contributed by atoms with Crippen LogP contribution >= 0.6 is 11.8 Å². The van der Waals surface area contributed by atoms with E-state index in [4.69, 9.17) is 0 Å². The van der Waals surface area contributed by atoms with E-state index in [-0.39, 0.29) is 11.8 Å². The summed E-state index contributed by atoms with van der Waals surface area (Å²) in [4.78, 5) is 12.2. The van der Waals surface area contributed by atoms with Crippen molar-refractivity contribution in [2.45, 2.75) is 23.5 Å². The lowest BCUT2D eigenvalue weighted by Crippen LogP contribution is -2.35. The topological polar surface area (TPSA) is 41.1 Å². The largest absolute Gasteiger partial charge is 0.384 e. The molecular formula is C14H18N2OS. The van der Waals surface area contributed by atoms with E-state index in [1.807, 2.05) is 36.0 Å². The number of anilines is 1. The highest BCUT2D eigenvalue weighted by Crippen LogP contribution is 2.46. The summed E-state index contributed by atoms with van der Waals surface area (Å²) in [6, 6.07) is 8.07. The Labute approximate surface area is 112 Å². The molecule has 3 rings (SSSR count). The van der Waals surface area contributed by atoms with Gasteiger partial charge in [-0.2, -0.15) is 11.8 Å². The Morgan fingerprint density at radius 1 is 1.50 bits per heavy atom. The van der Waals surface area contributed by atoms with Gasteiger partial charge in [-0.15, -0.1) is 0 Å². The zero-order chi connectivity index (χ0) is 12.6. The molecule has 4 heteroatoms. The molecular weight excluding hydrogens is 244 g/mol. The molecule has 1 aromatic carbocycles. The lowest BCUT2D eigenvalue weighted by Gasteiger charge is -2.16. The van der Waals surface area contributed by atoms with Crippen LogP contribution in [0.1, 0.15) is 24.3 Å². The molecule has 1 atom stereocenters. The molecule has 1 unspecified atom stereocenters. The summed E-state index contributed by atoms with van der Waals surface area (Å²) in [5, 5.41) is 6.41. The van der Waals surface area contributed by atoms with Gasteiger partial charge >= 0.3 is 0 Å². The Bertz CT molecular complexity index is 471. The van der Waals surface area contributed by atoms with E-state index in [0.717, 1.165) is 24.3 Å². The van der Waals surface area contributed by atoms with Crippen LogP contribution in [-0.4, -0.2) is 30.0 Å². The van der Waals surface area contributed by atoms with Crippen LogP contribution in [0.5, 0.6) is 0 Å². The maximum Gasteiger partial charge on any atom is 0.229 e. The van der Waals surface area contributed by atoms with Gasteiger partial charge in [-0.25, -0.2) is 0 Å². The van der Waals surface area contributed by atoms with Crippen molar-refractivity contribution < 1.29 is 4.79 Å². The van der Waals surface area contributed by atoms with Crippen LogP contribution in [0.15, 0.2) is 24.3 Å². The minimum absolute atomic E-state index is 0.0288. The average molecular weight is 262 g/mol. The first-order chi connectivity index (χ1) is 8.74. The number of rotatable bonds is 4. The highest BCUT2D eigenvalue weighted by Gasteiger charge is 2.42. The summed E-state index contributed by atoms with van der Waals surface area (Å²) in [5.41, 5.74) is 2.23. The van der Waals surface area contributed by atoms with Crippen molar-refractivity contribution in [2.75, 3.05) is 24.7 Å². The SMILES string of the molecule is CSC1(CNC(=O)C2CNc3ccccc32)CC1. The van der Waals surface area contributed by atoms with Gasteiger partial charge in [-0.3, -0.25) is 4.79 Å². The first kappa shape index (κ1) is 11.9. The average Bonchev–Trinajstić information content (AvgIpc) is 3.07. The fourth-order valence-electron chi connectivity index (χ4n) is 2.48. The van der Waals surface area contributed by atoms with E-state index in [1.54, 1.807) is 0 Å². The Hall–Kier alpha value is -1.16. The monoisotopic (exact) mass is 262 g/mol. The zero-order valence-corrected chi connectivity index (χ0v) is 11.3. The van der Waals surface area contributed by atoms with E-state index in [1.165, 1.54) is 12.8 Å².